The van der Waals surface area contributed by atoms with Crippen LogP contribution in [0, 0.1) is 12.8 Å². The second-order valence-electron chi connectivity index (χ2n) is 15.6. The number of hydrogen-bond donors (Lipinski definition) is 2. The number of pyridine rings is 1. The van der Waals surface area contributed by atoms with Gasteiger partial charge in [-0.05, 0) is 91.3 Å². The van der Waals surface area contributed by atoms with E-state index in [1.54, 1.807) is 7.05 Å². The molecule has 1 unspecified atom stereocenters. The summed E-state index contributed by atoms with van der Waals surface area (Å²) in [5.41, 5.74) is 9.48. The second-order valence-corrected chi connectivity index (χ2v) is 15.6. The number of fused-ring (bicyclic) bond motifs is 2. The molecule has 5 aromatic rings. The molecule has 12 heteroatoms. The van der Waals surface area contributed by atoms with Crippen molar-refractivity contribution in [2.24, 2.45) is 5.92 Å². The van der Waals surface area contributed by atoms with Gasteiger partial charge in [0, 0.05) is 106 Å². The van der Waals surface area contributed by atoms with Gasteiger partial charge in [-0.25, -0.2) is 15.0 Å². The molecule has 0 aliphatic carbocycles. The Bertz CT molecular complexity index is 2230. The molecule has 3 aromatic carbocycles. The number of amides is 2. The summed E-state index contributed by atoms with van der Waals surface area (Å²) in [5.74, 6) is 1.54. The number of piperidine rings is 2. The highest BCUT2D eigenvalue weighted by molar-refractivity contribution is 6.00. The highest BCUT2D eigenvalue weighted by Gasteiger charge is 2.33. The van der Waals surface area contributed by atoms with Crippen molar-refractivity contribution in [2.75, 3.05) is 86.4 Å². The molecule has 0 saturated carbocycles. The van der Waals surface area contributed by atoms with Gasteiger partial charge in [0.25, 0.3) is 0 Å². The van der Waals surface area contributed by atoms with E-state index in [9.17, 15) is 9.59 Å². The molecule has 2 amide bonds. The molecule has 56 heavy (non-hydrogen) atoms. The van der Waals surface area contributed by atoms with Crippen molar-refractivity contribution in [2.45, 2.75) is 38.5 Å². The Morgan fingerprint density at radius 2 is 1.57 bits per heavy atom. The number of benzene rings is 3. The Morgan fingerprint density at radius 3 is 2.34 bits per heavy atom. The fourth-order valence-corrected chi connectivity index (χ4v) is 8.72. The van der Waals surface area contributed by atoms with Crippen LogP contribution in [-0.2, 0) is 9.59 Å². The number of nitrogens with one attached hydrogen (secondary N) is 2. The molecule has 0 spiro atoms. The first kappa shape index (κ1) is 35.9. The highest BCUT2D eigenvalue weighted by Crippen LogP contribution is 2.36. The molecule has 0 bridgehead atoms. The van der Waals surface area contributed by atoms with Crippen molar-refractivity contribution >= 4 is 51.4 Å². The number of rotatable bonds is 8. The molecule has 2 aromatic heterocycles. The minimum absolute atomic E-state index is 0.0839. The molecule has 4 aliphatic heterocycles. The number of imide groups is 1. The van der Waals surface area contributed by atoms with Crippen LogP contribution in [0.3, 0.4) is 0 Å². The van der Waals surface area contributed by atoms with Gasteiger partial charge in [-0.15, -0.1) is 0 Å². The average molecular weight is 752 g/mol. The molecule has 0 radical (unpaired) electrons. The zero-order chi connectivity index (χ0) is 38.2. The smallest absolute Gasteiger partial charge is 0.237 e. The lowest BCUT2D eigenvalue weighted by molar-refractivity contribution is -0.147. The van der Waals surface area contributed by atoms with Gasteiger partial charge in [-0.1, -0.05) is 24.3 Å². The van der Waals surface area contributed by atoms with Gasteiger partial charge >= 0.3 is 0 Å². The van der Waals surface area contributed by atoms with E-state index in [1.165, 1.54) is 29.1 Å². The maximum atomic E-state index is 12.7. The molecule has 3 saturated heterocycles. The zero-order valence-electron chi connectivity index (χ0n) is 32.2. The third kappa shape index (κ3) is 7.33. The summed E-state index contributed by atoms with van der Waals surface area (Å²) in [6.07, 6.45) is 7.16. The third-order valence-corrected chi connectivity index (χ3v) is 12.1. The van der Waals surface area contributed by atoms with E-state index in [4.69, 9.17) is 9.72 Å². The molecular weight excluding hydrogens is 703 g/mol. The predicted molar refractivity (Wildman–Crippen MR) is 221 cm³/mol. The van der Waals surface area contributed by atoms with Crippen molar-refractivity contribution in [1.82, 2.24) is 24.8 Å². The van der Waals surface area contributed by atoms with E-state index >= 15 is 0 Å². The molecule has 4 aliphatic rings. The number of likely N-dealkylation sites (tertiary alicyclic amines) is 1. The van der Waals surface area contributed by atoms with Crippen LogP contribution in [0.5, 0.6) is 5.88 Å². The van der Waals surface area contributed by atoms with Gasteiger partial charge in [0.15, 0.2) is 0 Å². The van der Waals surface area contributed by atoms with Crippen LogP contribution in [0.4, 0.5) is 28.7 Å². The summed E-state index contributed by atoms with van der Waals surface area (Å²) >= 11 is 0. The molecule has 6 heterocycles. The molecule has 288 valence electrons. The number of hydrogen-bond acceptors (Lipinski definition) is 11. The number of likely N-dealkylation sites (N-methyl/N-ethyl adjacent to an activating group) is 1. The molecular formula is C44H49N9O3. The van der Waals surface area contributed by atoms with Gasteiger partial charge in [0.2, 0.25) is 23.6 Å². The summed E-state index contributed by atoms with van der Waals surface area (Å²) < 4.78 is 5.72. The van der Waals surface area contributed by atoms with E-state index in [0.29, 0.717) is 37.2 Å². The normalized spacial score (nSPS) is 19.5. The lowest BCUT2D eigenvalue weighted by Gasteiger charge is -2.40. The largest absolute Gasteiger partial charge is 0.474 e. The monoisotopic (exact) mass is 751 g/mol. The van der Waals surface area contributed by atoms with E-state index in [1.807, 2.05) is 12.4 Å². The predicted octanol–water partition coefficient (Wildman–Crippen LogP) is 6.45. The molecule has 9 rings (SSSR count). The molecule has 1 atom stereocenters. The van der Waals surface area contributed by atoms with E-state index in [-0.39, 0.29) is 17.7 Å². The topological polar surface area (TPSA) is 119 Å². The molecule has 2 N–H and O–H groups in total. The Hall–Kier alpha value is -5.75. The SMILES string of the molecule is Cc1c(-c2ccc3cnc(Nc4ccc(N5CCC(CN6CCN(c7ccc(C8CCC(=O)N(C)C8=O)cc7)CC6)CC5)cc4)nc3c2)cnc2c1NCCO2. The molecule has 12 nitrogen and oxygen atoms in total. The Balaban J connectivity index is 0.748. The van der Waals surface area contributed by atoms with Crippen molar-refractivity contribution in [3.05, 3.63) is 90.3 Å². The highest BCUT2D eigenvalue weighted by atomic mass is 16.5. The summed E-state index contributed by atoms with van der Waals surface area (Å²) in [5, 5.41) is 7.82. The third-order valence-electron chi connectivity index (χ3n) is 12.1. The lowest BCUT2D eigenvalue weighted by Crippen LogP contribution is -2.49. The fraction of sp³-hybridized carbons (Fsp3) is 0.386. The number of piperazine rings is 1. The van der Waals surface area contributed by atoms with Crippen molar-refractivity contribution < 1.29 is 14.3 Å². The summed E-state index contributed by atoms with van der Waals surface area (Å²) in [6, 6.07) is 23.3. The average Bonchev–Trinajstić information content (AvgIpc) is 3.24. The van der Waals surface area contributed by atoms with Crippen molar-refractivity contribution in [3.63, 3.8) is 0 Å². The van der Waals surface area contributed by atoms with Crippen molar-refractivity contribution in [3.8, 4) is 17.0 Å². The maximum Gasteiger partial charge on any atom is 0.237 e. The van der Waals surface area contributed by atoms with Gasteiger partial charge in [-0.3, -0.25) is 19.4 Å². The number of anilines is 5. The van der Waals surface area contributed by atoms with Crippen LogP contribution >= 0.6 is 0 Å². The summed E-state index contributed by atoms with van der Waals surface area (Å²) in [7, 11) is 1.59. The van der Waals surface area contributed by atoms with Gasteiger partial charge in [0.05, 0.1) is 11.4 Å². The minimum Gasteiger partial charge on any atom is -0.474 e. The number of carbonyl (C=O) groups is 2. The standard InChI is InChI=1S/C44H49N9O3/c1-29-38(27-46-42-41(29)45-17-24-56-42)32-3-4-33-26-47-44(49-39(33)25-32)48-34-7-11-36(12-8-34)52-18-15-30(16-19-52)28-51-20-22-53(23-21-51)35-9-5-31(6-10-35)37-13-14-40(54)50(2)43(37)55/h3-12,25-27,30,37,45H,13-24,28H2,1-2H3,(H,47,48,49). The Morgan fingerprint density at radius 1 is 0.839 bits per heavy atom. The van der Waals surface area contributed by atoms with Crippen LogP contribution in [0.1, 0.15) is 42.7 Å². The first-order valence-corrected chi connectivity index (χ1v) is 20.0. The lowest BCUT2D eigenvalue weighted by atomic mass is 9.89. The van der Waals surface area contributed by atoms with Gasteiger partial charge in [0.1, 0.15) is 12.3 Å². The van der Waals surface area contributed by atoms with Crippen molar-refractivity contribution in [1.29, 1.82) is 0 Å². The van der Waals surface area contributed by atoms with E-state index in [2.05, 4.69) is 109 Å². The van der Waals surface area contributed by atoms with E-state index < -0.39 is 0 Å². The van der Waals surface area contributed by atoms with Crippen LogP contribution in [-0.4, -0.2) is 103 Å². The molecule has 3 fully saturated rings. The van der Waals surface area contributed by atoms with Crippen LogP contribution in [0.15, 0.2) is 79.1 Å². The summed E-state index contributed by atoms with van der Waals surface area (Å²) in [4.78, 5) is 47.4. The van der Waals surface area contributed by atoms with Crippen LogP contribution < -0.4 is 25.2 Å². The quantitative estimate of drug-likeness (QED) is 0.170. The van der Waals surface area contributed by atoms with E-state index in [0.717, 1.165) is 96.9 Å². The number of carbonyl (C=O) groups excluding carboxylic acids is 2. The Labute approximate surface area is 327 Å². The zero-order valence-corrected chi connectivity index (χ0v) is 32.2. The van der Waals surface area contributed by atoms with Crippen LogP contribution in [0.2, 0.25) is 0 Å². The second kappa shape index (κ2) is 15.4. The maximum absolute atomic E-state index is 12.7. The number of ether oxygens (including phenoxy) is 1. The number of aromatic nitrogens is 3. The Kier molecular flexibility index (Phi) is 9.89. The first-order chi connectivity index (χ1) is 27.4. The first-order valence-electron chi connectivity index (χ1n) is 20.0. The summed E-state index contributed by atoms with van der Waals surface area (Å²) in [6.45, 7) is 10.9. The van der Waals surface area contributed by atoms with Gasteiger partial charge in [-0.2, -0.15) is 0 Å². The van der Waals surface area contributed by atoms with Crippen LogP contribution in [0.25, 0.3) is 22.0 Å². The number of nitrogens with zero attached hydrogens (tertiary/aromatic N) is 7. The minimum atomic E-state index is -0.221. The van der Waals surface area contributed by atoms with Gasteiger partial charge < -0.3 is 25.2 Å². The fourth-order valence-electron chi connectivity index (χ4n) is 8.72.